The van der Waals surface area contributed by atoms with Gasteiger partial charge in [0.25, 0.3) is 0 Å². The van der Waals surface area contributed by atoms with Gasteiger partial charge in [-0.05, 0) is 37.3 Å². The number of rotatable bonds is 3. The molecule has 3 rings (SSSR count). The molecule has 2 aromatic rings. The van der Waals surface area contributed by atoms with Gasteiger partial charge < -0.3 is 14.7 Å². The average Bonchev–Trinajstić information content (AvgIpc) is 2.61. The number of carbonyl (C=O) groups excluding carboxylic acids is 2. The Hall–Kier alpha value is -3.15. The molecule has 0 bridgehead atoms. The molecule has 6 heteroatoms. The smallest absolute Gasteiger partial charge is 0.338 e. The van der Waals surface area contributed by atoms with Crippen molar-refractivity contribution in [2.24, 2.45) is 0 Å². The predicted molar refractivity (Wildman–Crippen MR) is 95.2 cm³/mol. The minimum absolute atomic E-state index is 0.0857. The molecule has 1 amide bonds. The summed E-state index contributed by atoms with van der Waals surface area (Å²) in [7, 11) is 0. The highest BCUT2D eigenvalue weighted by Crippen LogP contribution is 2.40. The lowest BCUT2D eigenvalue weighted by atomic mass is 9.92. The van der Waals surface area contributed by atoms with Crippen LogP contribution >= 0.6 is 0 Å². The zero-order valence-electron chi connectivity index (χ0n) is 14.5. The molecule has 134 valence electrons. The molecule has 0 unspecified atom stereocenters. The summed E-state index contributed by atoms with van der Waals surface area (Å²) in [6.07, 6.45) is -0.226. The van der Waals surface area contributed by atoms with Crippen LogP contribution in [-0.4, -0.2) is 29.0 Å². The van der Waals surface area contributed by atoms with E-state index in [1.165, 1.54) is 19.1 Å². The van der Waals surface area contributed by atoms with Crippen LogP contribution in [0.1, 0.15) is 52.7 Å². The van der Waals surface area contributed by atoms with Crippen LogP contribution in [0.25, 0.3) is 0 Å². The maximum atomic E-state index is 12.4. The first-order valence-corrected chi connectivity index (χ1v) is 8.31. The highest BCUT2D eigenvalue weighted by Gasteiger charge is 2.35. The van der Waals surface area contributed by atoms with Gasteiger partial charge in [0.05, 0.1) is 16.8 Å². The van der Waals surface area contributed by atoms with Crippen molar-refractivity contribution < 1.29 is 24.2 Å². The van der Waals surface area contributed by atoms with Gasteiger partial charge in [-0.25, -0.2) is 9.59 Å². The number of carbonyl (C=O) groups is 3. The average molecular weight is 353 g/mol. The number of ether oxygens (including phenoxy) is 1. The fraction of sp³-hybridized carbons (Fsp3) is 0.250. The molecule has 0 saturated heterocycles. The summed E-state index contributed by atoms with van der Waals surface area (Å²) < 4.78 is 5.67. The highest BCUT2D eigenvalue weighted by atomic mass is 16.5. The first-order chi connectivity index (χ1) is 12.4. The Labute approximate surface area is 151 Å². The lowest BCUT2D eigenvalue weighted by Crippen LogP contribution is -2.42. The molecule has 1 aliphatic heterocycles. The van der Waals surface area contributed by atoms with Gasteiger partial charge in [0.2, 0.25) is 5.91 Å². The molecular formula is C20H19NO5. The third-order valence-electron chi connectivity index (χ3n) is 4.47. The zero-order chi connectivity index (χ0) is 18.8. The number of aromatic carboxylic acids is 1. The van der Waals surface area contributed by atoms with Crippen molar-refractivity contribution in [1.29, 1.82) is 0 Å². The zero-order valence-corrected chi connectivity index (χ0v) is 14.5. The SMILES string of the molecule is CC(=O)N1c2ccc(C(=O)O)cc2[C@@H](OC(=O)c2ccccc2)C[C@@H]1C. The second kappa shape index (κ2) is 7.00. The fourth-order valence-corrected chi connectivity index (χ4v) is 3.31. The second-order valence-electron chi connectivity index (χ2n) is 6.31. The van der Waals surface area contributed by atoms with Crippen LogP contribution in [-0.2, 0) is 9.53 Å². The first-order valence-electron chi connectivity index (χ1n) is 8.31. The minimum Gasteiger partial charge on any atom is -0.478 e. The fourth-order valence-electron chi connectivity index (χ4n) is 3.31. The minimum atomic E-state index is -1.08. The summed E-state index contributed by atoms with van der Waals surface area (Å²) in [6.45, 7) is 3.33. The van der Waals surface area contributed by atoms with E-state index in [-0.39, 0.29) is 17.5 Å². The van der Waals surface area contributed by atoms with Gasteiger partial charge in [0.1, 0.15) is 6.10 Å². The van der Waals surface area contributed by atoms with Gasteiger partial charge >= 0.3 is 11.9 Å². The molecule has 0 fully saturated rings. The van der Waals surface area contributed by atoms with Crippen molar-refractivity contribution in [3.63, 3.8) is 0 Å². The van der Waals surface area contributed by atoms with E-state index >= 15 is 0 Å². The van der Waals surface area contributed by atoms with Crippen molar-refractivity contribution in [3.05, 3.63) is 65.2 Å². The number of nitrogens with zero attached hydrogens (tertiary/aromatic N) is 1. The summed E-state index contributed by atoms with van der Waals surface area (Å²) in [4.78, 5) is 37.4. The van der Waals surface area contributed by atoms with Crippen LogP contribution < -0.4 is 4.90 Å². The number of anilines is 1. The molecule has 2 aromatic carbocycles. The van der Waals surface area contributed by atoms with E-state index < -0.39 is 18.0 Å². The molecule has 0 spiro atoms. The summed E-state index contributed by atoms with van der Waals surface area (Å²) in [5.41, 5.74) is 1.61. The molecule has 0 saturated carbocycles. The van der Waals surface area contributed by atoms with Gasteiger partial charge in [0.15, 0.2) is 0 Å². The van der Waals surface area contributed by atoms with Gasteiger partial charge in [-0.15, -0.1) is 0 Å². The molecule has 26 heavy (non-hydrogen) atoms. The van der Waals surface area contributed by atoms with Crippen molar-refractivity contribution in [2.45, 2.75) is 32.4 Å². The Kier molecular flexibility index (Phi) is 4.75. The van der Waals surface area contributed by atoms with Crippen LogP contribution in [0.3, 0.4) is 0 Å². The second-order valence-corrected chi connectivity index (χ2v) is 6.31. The monoisotopic (exact) mass is 353 g/mol. The number of hydrogen-bond acceptors (Lipinski definition) is 4. The van der Waals surface area contributed by atoms with E-state index in [1.54, 1.807) is 41.3 Å². The molecule has 0 aliphatic carbocycles. The predicted octanol–water partition coefficient (Wildman–Crippen LogP) is 3.43. The number of fused-ring (bicyclic) bond motifs is 1. The maximum Gasteiger partial charge on any atom is 0.338 e. The molecular weight excluding hydrogens is 334 g/mol. The lowest BCUT2D eigenvalue weighted by molar-refractivity contribution is -0.117. The van der Waals surface area contributed by atoms with E-state index in [9.17, 15) is 19.5 Å². The Balaban J connectivity index is 2.00. The summed E-state index contributed by atoms with van der Waals surface area (Å²) in [5.74, 6) is -1.70. The van der Waals surface area contributed by atoms with Crippen LogP contribution in [0.5, 0.6) is 0 Å². The summed E-state index contributed by atoms with van der Waals surface area (Å²) in [5, 5.41) is 9.27. The van der Waals surface area contributed by atoms with E-state index in [0.717, 1.165) is 0 Å². The van der Waals surface area contributed by atoms with Gasteiger partial charge in [-0.2, -0.15) is 0 Å². The molecule has 6 nitrogen and oxygen atoms in total. The number of hydrogen-bond donors (Lipinski definition) is 1. The largest absolute Gasteiger partial charge is 0.478 e. The van der Waals surface area contributed by atoms with E-state index in [2.05, 4.69) is 0 Å². The Morgan fingerprint density at radius 2 is 1.77 bits per heavy atom. The quantitative estimate of drug-likeness (QED) is 0.855. The van der Waals surface area contributed by atoms with Crippen molar-refractivity contribution >= 4 is 23.5 Å². The summed E-state index contributed by atoms with van der Waals surface area (Å²) in [6, 6.07) is 13.0. The molecule has 2 atom stereocenters. The third-order valence-corrected chi connectivity index (χ3v) is 4.47. The summed E-state index contributed by atoms with van der Waals surface area (Å²) >= 11 is 0. The van der Waals surface area contributed by atoms with Crippen molar-refractivity contribution in [2.75, 3.05) is 4.90 Å². The standard InChI is InChI=1S/C20H19NO5/c1-12-10-18(26-20(25)14-6-4-3-5-7-14)16-11-15(19(23)24)8-9-17(16)21(12)13(2)22/h3-9,11-12,18H,10H2,1-2H3,(H,23,24)/t12-,18-/m0/s1. The maximum absolute atomic E-state index is 12.4. The third kappa shape index (κ3) is 3.31. The van der Waals surface area contributed by atoms with Crippen LogP contribution in [0.2, 0.25) is 0 Å². The van der Waals surface area contributed by atoms with Crippen LogP contribution in [0, 0.1) is 0 Å². The van der Waals surface area contributed by atoms with Crippen molar-refractivity contribution in [1.82, 2.24) is 0 Å². The van der Waals surface area contributed by atoms with Gasteiger partial charge in [-0.3, -0.25) is 4.79 Å². The molecule has 0 aromatic heterocycles. The number of esters is 1. The molecule has 0 radical (unpaired) electrons. The van der Waals surface area contributed by atoms with Crippen LogP contribution in [0.4, 0.5) is 5.69 Å². The van der Waals surface area contributed by atoms with Crippen LogP contribution in [0.15, 0.2) is 48.5 Å². The Morgan fingerprint density at radius 1 is 1.08 bits per heavy atom. The van der Waals surface area contributed by atoms with E-state index in [0.29, 0.717) is 23.2 Å². The lowest BCUT2D eigenvalue weighted by Gasteiger charge is -2.38. The Morgan fingerprint density at radius 3 is 2.38 bits per heavy atom. The van der Waals surface area contributed by atoms with Crippen molar-refractivity contribution in [3.8, 4) is 0 Å². The molecule has 1 heterocycles. The number of amides is 1. The topological polar surface area (TPSA) is 83.9 Å². The van der Waals surface area contributed by atoms with Gasteiger partial charge in [0, 0.05) is 24.9 Å². The van der Waals surface area contributed by atoms with E-state index in [1.807, 2.05) is 6.92 Å². The number of benzene rings is 2. The normalized spacial score (nSPS) is 18.8. The van der Waals surface area contributed by atoms with Gasteiger partial charge in [-0.1, -0.05) is 18.2 Å². The number of carboxylic acids is 1. The molecule has 1 N–H and O–H groups in total. The number of carboxylic acid groups (broad SMARTS) is 1. The highest BCUT2D eigenvalue weighted by molar-refractivity contribution is 5.96. The molecule has 1 aliphatic rings. The Bertz CT molecular complexity index is 862. The van der Waals surface area contributed by atoms with E-state index in [4.69, 9.17) is 4.74 Å². The first kappa shape index (κ1) is 17.7.